The molecule has 1 amide bonds. The largest absolute Gasteiger partial charge is 0.497 e. The highest BCUT2D eigenvalue weighted by molar-refractivity contribution is 5.94. The van der Waals surface area contributed by atoms with Crippen molar-refractivity contribution < 1.29 is 18.7 Å². The number of amides is 1. The van der Waals surface area contributed by atoms with Gasteiger partial charge in [0.1, 0.15) is 17.1 Å². The van der Waals surface area contributed by atoms with Crippen molar-refractivity contribution in [3.63, 3.8) is 0 Å². The molecule has 134 valence electrons. The molecule has 0 saturated carbocycles. The second-order valence-corrected chi connectivity index (χ2v) is 5.88. The number of carbonyl (C=O) groups is 1. The summed E-state index contributed by atoms with van der Waals surface area (Å²) in [5.74, 6) is 0.962. The van der Waals surface area contributed by atoms with Crippen LogP contribution in [0.3, 0.4) is 0 Å². The van der Waals surface area contributed by atoms with Gasteiger partial charge in [0.05, 0.1) is 7.11 Å². The Labute approximate surface area is 150 Å². The number of carbonyl (C=O) groups excluding carboxylic acids is 1. The Morgan fingerprint density at radius 1 is 1.08 bits per heavy atom. The van der Waals surface area contributed by atoms with E-state index in [4.69, 9.17) is 13.9 Å². The van der Waals surface area contributed by atoms with Crippen LogP contribution in [0.1, 0.15) is 12.5 Å². The molecule has 3 rings (SSSR count). The molecule has 1 atom stereocenters. The fraction of sp³-hybridized carbons (Fsp3) is 0.200. The Morgan fingerprint density at radius 3 is 2.46 bits per heavy atom. The molecule has 1 aromatic heterocycles. The van der Waals surface area contributed by atoms with Crippen molar-refractivity contribution in [2.45, 2.75) is 20.0 Å². The van der Waals surface area contributed by atoms with E-state index in [-0.39, 0.29) is 5.91 Å². The maximum atomic E-state index is 12.3. The highest BCUT2D eigenvalue weighted by Crippen LogP contribution is 2.23. The van der Waals surface area contributed by atoms with Gasteiger partial charge in [-0.15, -0.1) is 0 Å². The predicted octanol–water partition coefficient (Wildman–Crippen LogP) is 3.52. The van der Waals surface area contributed by atoms with Crippen LogP contribution < -0.4 is 20.4 Å². The third-order valence-electron chi connectivity index (χ3n) is 3.96. The molecule has 2 aromatic carbocycles. The molecule has 1 unspecified atom stereocenters. The molecule has 1 heterocycles. The van der Waals surface area contributed by atoms with E-state index in [1.54, 1.807) is 56.5 Å². The number of hydrogen-bond acceptors (Lipinski definition) is 5. The maximum Gasteiger partial charge on any atom is 0.336 e. The monoisotopic (exact) mass is 353 g/mol. The van der Waals surface area contributed by atoms with Crippen molar-refractivity contribution in [3.05, 3.63) is 64.5 Å². The van der Waals surface area contributed by atoms with E-state index >= 15 is 0 Å². The molecular formula is C20H19NO5. The maximum absolute atomic E-state index is 12.3. The highest BCUT2D eigenvalue weighted by Gasteiger charge is 2.15. The van der Waals surface area contributed by atoms with E-state index in [0.29, 0.717) is 22.8 Å². The Bertz CT molecular complexity index is 991. The lowest BCUT2D eigenvalue weighted by Gasteiger charge is -2.15. The Hall–Kier alpha value is -3.28. The molecule has 3 aromatic rings. The van der Waals surface area contributed by atoms with E-state index in [1.165, 1.54) is 6.07 Å². The normalized spacial score (nSPS) is 11.8. The zero-order chi connectivity index (χ0) is 18.7. The molecule has 0 bridgehead atoms. The van der Waals surface area contributed by atoms with Crippen LogP contribution in [-0.4, -0.2) is 19.1 Å². The van der Waals surface area contributed by atoms with Gasteiger partial charge in [-0.1, -0.05) is 0 Å². The minimum Gasteiger partial charge on any atom is -0.497 e. The van der Waals surface area contributed by atoms with E-state index in [0.717, 1.165) is 10.9 Å². The van der Waals surface area contributed by atoms with Crippen molar-refractivity contribution in [3.8, 4) is 11.5 Å². The van der Waals surface area contributed by atoms with Crippen LogP contribution in [0.15, 0.2) is 57.7 Å². The lowest BCUT2D eigenvalue weighted by Crippen LogP contribution is -2.30. The summed E-state index contributed by atoms with van der Waals surface area (Å²) < 4.78 is 16.0. The number of ether oxygens (including phenoxy) is 2. The second kappa shape index (κ2) is 7.31. The number of hydrogen-bond donors (Lipinski definition) is 1. The molecule has 0 aliphatic heterocycles. The average molecular weight is 353 g/mol. The van der Waals surface area contributed by atoms with Crippen LogP contribution in [0.5, 0.6) is 11.5 Å². The number of anilines is 1. The molecule has 0 aliphatic rings. The van der Waals surface area contributed by atoms with Gasteiger partial charge in [-0.2, -0.15) is 0 Å². The van der Waals surface area contributed by atoms with Crippen molar-refractivity contribution in [2.75, 3.05) is 12.4 Å². The Balaban J connectivity index is 1.72. The van der Waals surface area contributed by atoms with Crippen LogP contribution in [-0.2, 0) is 4.79 Å². The fourth-order valence-electron chi connectivity index (χ4n) is 2.55. The van der Waals surface area contributed by atoms with Crippen molar-refractivity contribution in [2.24, 2.45) is 0 Å². The number of nitrogens with one attached hydrogen (secondary N) is 1. The number of rotatable bonds is 5. The van der Waals surface area contributed by atoms with Crippen LogP contribution in [0, 0.1) is 6.92 Å². The smallest absolute Gasteiger partial charge is 0.336 e. The molecule has 0 radical (unpaired) electrons. The SMILES string of the molecule is COc1ccc(NC(=O)C(C)Oc2ccc3oc(=O)cc(C)c3c2)cc1. The minimum absolute atomic E-state index is 0.272. The molecule has 0 aliphatic carbocycles. The first-order valence-corrected chi connectivity index (χ1v) is 8.12. The summed E-state index contributed by atoms with van der Waals surface area (Å²) in [6, 6.07) is 13.5. The zero-order valence-corrected chi connectivity index (χ0v) is 14.7. The number of methoxy groups -OCH3 is 1. The molecule has 26 heavy (non-hydrogen) atoms. The van der Waals surface area contributed by atoms with Crippen molar-refractivity contribution in [1.82, 2.24) is 0 Å². The lowest BCUT2D eigenvalue weighted by molar-refractivity contribution is -0.122. The fourth-order valence-corrected chi connectivity index (χ4v) is 2.55. The molecule has 1 N–H and O–H groups in total. The van der Waals surface area contributed by atoms with E-state index in [1.807, 2.05) is 6.92 Å². The van der Waals surface area contributed by atoms with Gasteiger partial charge in [-0.05, 0) is 61.9 Å². The summed E-state index contributed by atoms with van der Waals surface area (Å²) in [5.41, 5.74) is 1.54. The van der Waals surface area contributed by atoms with Gasteiger partial charge in [-0.3, -0.25) is 4.79 Å². The number of benzene rings is 2. The summed E-state index contributed by atoms with van der Waals surface area (Å²) in [6.45, 7) is 3.49. The van der Waals surface area contributed by atoms with Crippen molar-refractivity contribution in [1.29, 1.82) is 0 Å². The number of aryl methyl sites for hydroxylation is 1. The van der Waals surface area contributed by atoms with Gasteiger partial charge in [0.2, 0.25) is 0 Å². The summed E-state index contributed by atoms with van der Waals surface area (Å²) in [5, 5.41) is 3.56. The standard InChI is InChI=1S/C20H19NO5/c1-12-10-19(22)26-18-9-8-16(11-17(12)18)25-13(2)20(23)21-14-4-6-15(24-3)7-5-14/h4-11,13H,1-3H3,(H,21,23). The predicted molar refractivity (Wildman–Crippen MR) is 98.9 cm³/mol. The van der Waals surface area contributed by atoms with Crippen LogP contribution in [0.25, 0.3) is 11.0 Å². The highest BCUT2D eigenvalue weighted by atomic mass is 16.5. The summed E-state index contributed by atoms with van der Waals surface area (Å²) in [4.78, 5) is 23.7. The van der Waals surface area contributed by atoms with Crippen molar-refractivity contribution >= 4 is 22.6 Å². The Morgan fingerprint density at radius 2 is 1.77 bits per heavy atom. The molecular weight excluding hydrogens is 334 g/mol. The Kier molecular flexibility index (Phi) is 4.93. The first kappa shape index (κ1) is 17.5. The lowest BCUT2D eigenvalue weighted by atomic mass is 10.1. The van der Waals surface area contributed by atoms with Crippen LogP contribution >= 0.6 is 0 Å². The number of fused-ring (bicyclic) bond motifs is 1. The van der Waals surface area contributed by atoms with Gasteiger partial charge >= 0.3 is 5.63 Å². The van der Waals surface area contributed by atoms with Gasteiger partial charge in [0, 0.05) is 17.1 Å². The molecule has 0 fully saturated rings. The molecule has 0 spiro atoms. The van der Waals surface area contributed by atoms with E-state index in [9.17, 15) is 9.59 Å². The molecule has 6 nitrogen and oxygen atoms in total. The quantitative estimate of drug-likeness (QED) is 0.710. The van der Waals surface area contributed by atoms with Crippen LogP contribution in [0.2, 0.25) is 0 Å². The van der Waals surface area contributed by atoms with E-state index in [2.05, 4.69) is 5.32 Å². The van der Waals surface area contributed by atoms with E-state index < -0.39 is 11.7 Å². The first-order valence-electron chi connectivity index (χ1n) is 8.12. The summed E-state index contributed by atoms with van der Waals surface area (Å²) in [6.07, 6.45) is -0.703. The van der Waals surface area contributed by atoms with Gasteiger partial charge < -0.3 is 19.2 Å². The van der Waals surface area contributed by atoms with Gasteiger partial charge in [-0.25, -0.2) is 4.79 Å². The van der Waals surface area contributed by atoms with Crippen LogP contribution in [0.4, 0.5) is 5.69 Å². The van der Waals surface area contributed by atoms with Gasteiger partial charge in [0.25, 0.3) is 5.91 Å². The zero-order valence-electron chi connectivity index (χ0n) is 14.7. The second-order valence-electron chi connectivity index (χ2n) is 5.88. The third-order valence-corrected chi connectivity index (χ3v) is 3.96. The average Bonchev–Trinajstić information content (AvgIpc) is 2.62. The summed E-state index contributed by atoms with van der Waals surface area (Å²) in [7, 11) is 1.58. The first-order chi connectivity index (χ1) is 12.5. The third kappa shape index (κ3) is 3.85. The summed E-state index contributed by atoms with van der Waals surface area (Å²) >= 11 is 0. The molecule has 6 heteroatoms. The molecule has 0 saturated heterocycles. The van der Waals surface area contributed by atoms with Gasteiger partial charge in [0.15, 0.2) is 6.10 Å². The topological polar surface area (TPSA) is 77.8 Å². The minimum atomic E-state index is -0.703.